The molecular weight excluding hydrogens is 348 g/mol. The SMILES string of the molecule is Cc1c(C=O)c(C)c(CN(CCO)CCO)c(C)c1CN(CCO)CCO. The minimum Gasteiger partial charge on any atom is -0.395 e. The average Bonchev–Trinajstić information content (AvgIpc) is 2.63. The fraction of sp³-hybridized carbons (Fsp3) is 0.650. The van der Waals surface area contributed by atoms with E-state index in [1.807, 2.05) is 30.6 Å². The summed E-state index contributed by atoms with van der Waals surface area (Å²) in [5, 5.41) is 37.1. The van der Waals surface area contributed by atoms with E-state index in [4.69, 9.17) is 0 Å². The molecule has 0 aromatic heterocycles. The standard InChI is InChI=1S/C20H34N2O5/c1-15-18(12-21(4-8-23)5-9-24)16(2)20(14-27)17(3)19(15)13-22(6-10-25)7-11-26/h14,23-26H,4-13H2,1-3H3. The first kappa shape index (κ1) is 23.7. The van der Waals surface area contributed by atoms with E-state index in [9.17, 15) is 25.2 Å². The van der Waals surface area contributed by atoms with Crippen LogP contribution in [0.4, 0.5) is 0 Å². The number of nitrogens with zero attached hydrogens (tertiary/aromatic N) is 2. The zero-order valence-corrected chi connectivity index (χ0v) is 16.7. The Kier molecular flexibility index (Phi) is 10.7. The minimum atomic E-state index is -0.00186. The zero-order valence-electron chi connectivity index (χ0n) is 16.7. The van der Waals surface area contributed by atoms with Crippen LogP contribution in [0.3, 0.4) is 0 Å². The van der Waals surface area contributed by atoms with Gasteiger partial charge in [0, 0.05) is 44.8 Å². The molecule has 0 unspecified atom stereocenters. The van der Waals surface area contributed by atoms with Crippen LogP contribution >= 0.6 is 0 Å². The van der Waals surface area contributed by atoms with Gasteiger partial charge in [-0.1, -0.05) is 0 Å². The maximum absolute atomic E-state index is 11.8. The highest BCUT2D eigenvalue weighted by atomic mass is 16.3. The molecule has 7 nitrogen and oxygen atoms in total. The van der Waals surface area contributed by atoms with Crippen molar-refractivity contribution in [2.75, 3.05) is 52.6 Å². The monoisotopic (exact) mass is 382 g/mol. The van der Waals surface area contributed by atoms with Crippen molar-refractivity contribution >= 4 is 6.29 Å². The molecule has 0 aliphatic heterocycles. The molecule has 0 spiro atoms. The number of aliphatic hydroxyl groups is 4. The number of hydrogen-bond donors (Lipinski definition) is 4. The number of benzene rings is 1. The number of hydrogen-bond acceptors (Lipinski definition) is 7. The van der Waals surface area contributed by atoms with Crippen LogP contribution in [0.2, 0.25) is 0 Å². The summed E-state index contributed by atoms with van der Waals surface area (Å²) in [6.07, 6.45) is 0.877. The van der Waals surface area contributed by atoms with Gasteiger partial charge >= 0.3 is 0 Å². The van der Waals surface area contributed by atoms with Gasteiger partial charge in [0.2, 0.25) is 0 Å². The summed E-state index contributed by atoms with van der Waals surface area (Å²) in [6.45, 7) is 8.72. The van der Waals surface area contributed by atoms with Gasteiger partial charge in [0.15, 0.2) is 6.29 Å². The van der Waals surface area contributed by atoms with E-state index < -0.39 is 0 Å². The zero-order chi connectivity index (χ0) is 20.4. The molecule has 0 heterocycles. The lowest BCUT2D eigenvalue weighted by Gasteiger charge is -2.28. The summed E-state index contributed by atoms with van der Waals surface area (Å²) in [7, 11) is 0. The number of rotatable bonds is 13. The second-order valence-electron chi connectivity index (χ2n) is 6.81. The van der Waals surface area contributed by atoms with Gasteiger partial charge in [0.05, 0.1) is 26.4 Å². The number of aldehydes is 1. The Bertz CT molecular complexity index is 550. The maximum atomic E-state index is 11.8. The van der Waals surface area contributed by atoms with Crippen LogP contribution in [0.15, 0.2) is 0 Å². The van der Waals surface area contributed by atoms with Gasteiger partial charge in [-0.15, -0.1) is 0 Å². The minimum absolute atomic E-state index is 0.00186. The molecule has 1 aromatic rings. The quantitative estimate of drug-likeness (QED) is 0.356. The highest BCUT2D eigenvalue weighted by Gasteiger charge is 2.20. The van der Waals surface area contributed by atoms with Crippen molar-refractivity contribution in [3.8, 4) is 0 Å². The second kappa shape index (κ2) is 12.2. The summed E-state index contributed by atoms with van der Waals surface area (Å²) in [6, 6.07) is 0. The predicted octanol–water partition coefficient (Wildman–Crippen LogP) is -0.00244. The van der Waals surface area contributed by atoms with Crippen molar-refractivity contribution in [3.05, 3.63) is 33.4 Å². The summed E-state index contributed by atoms with van der Waals surface area (Å²) in [5.74, 6) is 0. The lowest BCUT2D eigenvalue weighted by Crippen LogP contribution is -2.32. The summed E-state index contributed by atoms with van der Waals surface area (Å²) < 4.78 is 0. The highest BCUT2D eigenvalue weighted by molar-refractivity contribution is 5.81. The van der Waals surface area contributed by atoms with E-state index in [1.54, 1.807) is 0 Å². The van der Waals surface area contributed by atoms with Crippen molar-refractivity contribution in [3.63, 3.8) is 0 Å². The fourth-order valence-corrected chi connectivity index (χ4v) is 3.55. The summed E-state index contributed by atoms with van der Waals surface area (Å²) in [4.78, 5) is 15.7. The van der Waals surface area contributed by atoms with Crippen LogP contribution < -0.4 is 0 Å². The molecule has 0 amide bonds. The fourth-order valence-electron chi connectivity index (χ4n) is 3.55. The van der Waals surface area contributed by atoms with Gasteiger partial charge in [0.25, 0.3) is 0 Å². The Hall–Kier alpha value is -1.35. The van der Waals surface area contributed by atoms with Crippen LogP contribution in [0.25, 0.3) is 0 Å². The van der Waals surface area contributed by atoms with Gasteiger partial charge in [-0.2, -0.15) is 0 Å². The molecule has 4 N–H and O–H groups in total. The first-order chi connectivity index (χ1) is 12.9. The lowest BCUT2D eigenvalue weighted by atomic mass is 9.88. The molecule has 154 valence electrons. The molecule has 27 heavy (non-hydrogen) atoms. The van der Waals surface area contributed by atoms with E-state index in [1.165, 1.54) is 0 Å². The molecule has 1 aromatic carbocycles. The molecule has 0 atom stereocenters. The maximum Gasteiger partial charge on any atom is 0.150 e. The van der Waals surface area contributed by atoms with Crippen molar-refractivity contribution in [2.24, 2.45) is 0 Å². The number of carbonyl (C=O) groups excluding carboxylic acids is 1. The van der Waals surface area contributed by atoms with Crippen molar-refractivity contribution < 1.29 is 25.2 Å². The number of aliphatic hydroxyl groups excluding tert-OH is 4. The van der Waals surface area contributed by atoms with Crippen molar-refractivity contribution in [2.45, 2.75) is 33.9 Å². The van der Waals surface area contributed by atoms with E-state index >= 15 is 0 Å². The molecular formula is C20H34N2O5. The Morgan fingerprint density at radius 3 is 1.26 bits per heavy atom. The normalized spacial score (nSPS) is 11.6. The predicted molar refractivity (Wildman–Crippen MR) is 105 cm³/mol. The van der Waals surface area contributed by atoms with Crippen LogP contribution in [-0.2, 0) is 13.1 Å². The van der Waals surface area contributed by atoms with E-state index in [0.717, 1.165) is 34.1 Å². The third-order valence-electron chi connectivity index (χ3n) is 5.16. The molecule has 0 radical (unpaired) electrons. The van der Waals surface area contributed by atoms with Crippen LogP contribution in [0.5, 0.6) is 0 Å². The Morgan fingerprint density at radius 1 is 0.667 bits per heavy atom. The largest absolute Gasteiger partial charge is 0.395 e. The van der Waals surface area contributed by atoms with E-state index in [0.29, 0.717) is 44.8 Å². The third-order valence-corrected chi connectivity index (χ3v) is 5.16. The van der Waals surface area contributed by atoms with Crippen molar-refractivity contribution in [1.29, 1.82) is 0 Å². The van der Waals surface area contributed by atoms with Gasteiger partial charge in [-0.3, -0.25) is 14.6 Å². The molecule has 7 heteroatoms. The van der Waals surface area contributed by atoms with Crippen LogP contribution in [0, 0.1) is 20.8 Å². The topological polar surface area (TPSA) is 104 Å². The first-order valence-electron chi connectivity index (χ1n) is 9.39. The molecule has 0 bridgehead atoms. The molecule has 0 aliphatic carbocycles. The molecule has 0 aliphatic rings. The van der Waals surface area contributed by atoms with E-state index in [-0.39, 0.29) is 26.4 Å². The van der Waals surface area contributed by atoms with E-state index in [2.05, 4.69) is 0 Å². The van der Waals surface area contributed by atoms with Crippen LogP contribution in [-0.4, -0.2) is 89.1 Å². The van der Waals surface area contributed by atoms with Gasteiger partial charge in [0.1, 0.15) is 0 Å². The Labute approximate surface area is 161 Å². The summed E-state index contributed by atoms with van der Waals surface area (Å²) in [5.41, 5.74) is 5.60. The van der Waals surface area contributed by atoms with Crippen LogP contribution in [0.1, 0.15) is 38.2 Å². The van der Waals surface area contributed by atoms with Gasteiger partial charge < -0.3 is 20.4 Å². The Morgan fingerprint density at radius 2 is 1.00 bits per heavy atom. The van der Waals surface area contributed by atoms with Gasteiger partial charge in [-0.05, 0) is 48.6 Å². The average molecular weight is 383 g/mol. The Balaban J connectivity index is 3.36. The first-order valence-corrected chi connectivity index (χ1v) is 9.39. The molecule has 1 rings (SSSR count). The molecule has 0 fully saturated rings. The van der Waals surface area contributed by atoms with Crippen molar-refractivity contribution in [1.82, 2.24) is 9.80 Å². The summed E-state index contributed by atoms with van der Waals surface area (Å²) >= 11 is 0. The second-order valence-corrected chi connectivity index (χ2v) is 6.81. The van der Waals surface area contributed by atoms with Gasteiger partial charge in [-0.25, -0.2) is 0 Å². The highest BCUT2D eigenvalue weighted by Crippen LogP contribution is 2.28. The molecule has 0 saturated heterocycles. The smallest absolute Gasteiger partial charge is 0.150 e. The lowest BCUT2D eigenvalue weighted by molar-refractivity contribution is 0.112. The third kappa shape index (κ3) is 6.34. The number of carbonyl (C=O) groups is 1. The molecule has 0 saturated carbocycles.